The molecular formula is C13H17NO2. The van der Waals surface area contributed by atoms with Gasteiger partial charge in [-0.2, -0.15) is 0 Å². The second-order valence-electron chi connectivity index (χ2n) is 4.57. The number of hydrogen-bond donors (Lipinski definition) is 1. The van der Waals surface area contributed by atoms with Gasteiger partial charge >= 0.3 is 0 Å². The van der Waals surface area contributed by atoms with Crippen molar-refractivity contribution in [3.8, 4) is 0 Å². The van der Waals surface area contributed by atoms with Gasteiger partial charge in [-0.05, 0) is 43.4 Å². The molecule has 2 rings (SSSR count). The number of carbonyl (C=O) groups is 1. The molecule has 0 saturated heterocycles. The molecule has 16 heavy (non-hydrogen) atoms. The monoisotopic (exact) mass is 219 g/mol. The molecule has 0 radical (unpaired) electrons. The van der Waals surface area contributed by atoms with E-state index < -0.39 is 6.10 Å². The van der Waals surface area contributed by atoms with Gasteiger partial charge in [0.15, 0.2) is 0 Å². The third kappa shape index (κ3) is 2.30. The lowest BCUT2D eigenvalue weighted by Gasteiger charge is -2.29. The molecule has 86 valence electrons. The highest BCUT2D eigenvalue weighted by Crippen LogP contribution is 2.35. The summed E-state index contributed by atoms with van der Waals surface area (Å²) in [4.78, 5) is 15.6. The summed E-state index contributed by atoms with van der Waals surface area (Å²) in [7, 11) is 0. The highest BCUT2D eigenvalue weighted by Gasteiger charge is 2.32. The lowest BCUT2D eigenvalue weighted by atomic mass is 9.75. The van der Waals surface area contributed by atoms with Gasteiger partial charge in [0, 0.05) is 24.7 Å². The molecule has 3 heteroatoms. The minimum absolute atomic E-state index is 0.188. The first-order chi connectivity index (χ1) is 7.68. The van der Waals surface area contributed by atoms with Crippen LogP contribution in [0.1, 0.15) is 37.7 Å². The van der Waals surface area contributed by atoms with Crippen molar-refractivity contribution in [3.63, 3.8) is 0 Å². The molecule has 0 amide bonds. The van der Waals surface area contributed by atoms with E-state index in [9.17, 15) is 9.90 Å². The van der Waals surface area contributed by atoms with Crippen molar-refractivity contribution >= 4 is 5.78 Å². The van der Waals surface area contributed by atoms with E-state index in [1.54, 1.807) is 19.3 Å². The molecule has 1 N–H and O–H groups in total. The van der Waals surface area contributed by atoms with Crippen LogP contribution in [0.25, 0.3) is 0 Å². The van der Waals surface area contributed by atoms with Crippen molar-refractivity contribution in [1.82, 2.24) is 4.98 Å². The number of aliphatic hydroxyl groups excluding tert-OH is 1. The summed E-state index contributed by atoms with van der Waals surface area (Å²) in [5.41, 5.74) is 1.23. The van der Waals surface area contributed by atoms with Crippen molar-refractivity contribution in [2.75, 3.05) is 0 Å². The zero-order valence-electron chi connectivity index (χ0n) is 9.47. The molecule has 1 saturated carbocycles. The summed E-state index contributed by atoms with van der Waals surface area (Å²) < 4.78 is 0. The highest BCUT2D eigenvalue weighted by atomic mass is 16.3. The van der Waals surface area contributed by atoms with Gasteiger partial charge in [0.2, 0.25) is 0 Å². The Morgan fingerprint density at radius 2 is 2.12 bits per heavy atom. The molecule has 1 aliphatic rings. The maximum absolute atomic E-state index is 11.6. The minimum Gasteiger partial charge on any atom is -0.393 e. The summed E-state index contributed by atoms with van der Waals surface area (Å²) in [5, 5.41) is 9.58. The summed E-state index contributed by atoms with van der Waals surface area (Å²) in [6.07, 6.45) is 5.28. The van der Waals surface area contributed by atoms with Crippen molar-refractivity contribution in [3.05, 3.63) is 30.1 Å². The van der Waals surface area contributed by atoms with Gasteiger partial charge in [-0.25, -0.2) is 0 Å². The zero-order valence-corrected chi connectivity index (χ0v) is 9.47. The Hall–Kier alpha value is -1.22. The number of nitrogens with zero attached hydrogens (tertiary/aromatic N) is 1. The third-order valence-corrected chi connectivity index (χ3v) is 3.45. The van der Waals surface area contributed by atoms with E-state index in [0.29, 0.717) is 12.3 Å². The highest BCUT2D eigenvalue weighted by molar-refractivity contribution is 5.82. The van der Waals surface area contributed by atoms with Gasteiger partial charge in [0.1, 0.15) is 5.78 Å². The van der Waals surface area contributed by atoms with Crippen LogP contribution in [-0.2, 0) is 4.79 Å². The molecule has 1 aliphatic carbocycles. The number of carbonyl (C=O) groups excluding carboxylic acids is 1. The lowest BCUT2D eigenvalue weighted by Crippen LogP contribution is -2.31. The Labute approximate surface area is 95.5 Å². The van der Waals surface area contributed by atoms with Crippen LogP contribution in [0, 0.1) is 5.92 Å². The first-order valence-corrected chi connectivity index (χ1v) is 5.79. The fraction of sp³-hybridized carbons (Fsp3) is 0.538. The first kappa shape index (κ1) is 11.3. The fourth-order valence-electron chi connectivity index (χ4n) is 2.46. The Balaban J connectivity index is 2.12. The number of aromatic nitrogens is 1. The molecule has 1 aromatic heterocycles. The van der Waals surface area contributed by atoms with Crippen LogP contribution in [0.4, 0.5) is 0 Å². The Morgan fingerprint density at radius 3 is 2.75 bits per heavy atom. The molecule has 0 aliphatic heterocycles. The Bertz CT molecular complexity index is 361. The van der Waals surface area contributed by atoms with Gasteiger partial charge in [-0.1, -0.05) is 0 Å². The number of aliphatic hydroxyl groups is 1. The van der Waals surface area contributed by atoms with Crippen LogP contribution in [-0.4, -0.2) is 22.0 Å². The first-order valence-electron chi connectivity index (χ1n) is 5.79. The molecule has 3 unspecified atom stereocenters. The van der Waals surface area contributed by atoms with Crippen LogP contribution >= 0.6 is 0 Å². The van der Waals surface area contributed by atoms with E-state index in [1.165, 1.54) is 5.56 Å². The van der Waals surface area contributed by atoms with Gasteiger partial charge in [0.05, 0.1) is 6.10 Å². The van der Waals surface area contributed by atoms with Crippen LogP contribution in [0.15, 0.2) is 24.5 Å². The van der Waals surface area contributed by atoms with E-state index in [1.807, 2.05) is 12.1 Å². The SMILES string of the molecule is CC(O)C1CC(c2ccncc2)CCC1=O. The van der Waals surface area contributed by atoms with Crippen molar-refractivity contribution in [2.24, 2.45) is 5.92 Å². The Kier molecular flexibility index (Phi) is 3.34. The molecule has 0 spiro atoms. The van der Waals surface area contributed by atoms with E-state index in [4.69, 9.17) is 0 Å². The zero-order chi connectivity index (χ0) is 11.5. The topological polar surface area (TPSA) is 50.2 Å². The Morgan fingerprint density at radius 1 is 1.44 bits per heavy atom. The van der Waals surface area contributed by atoms with Crippen molar-refractivity contribution in [2.45, 2.75) is 38.2 Å². The van der Waals surface area contributed by atoms with Crippen LogP contribution < -0.4 is 0 Å². The molecule has 0 aromatic carbocycles. The average Bonchev–Trinajstić information content (AvgIpc) is 2.30. The van der Waals surface area contributed by atoms with Gasteiger partial charge < -0.3 is 5.11 Å². The second-order valence-corrected chi connectivity index (χ2v) is 4.57. The maximum Gasteiger partial charge on any atom is 0.138 e. The van der Waals surface area contributed by atoms with E-state index in [-0.39, 0.29) is 11.7 Å². The second kappa shape index (κ2) is 4.74. The standard InChI is InChI=1S/C13H17NO2/c1-9(15)12-8-11(2-3-13(12)16)10-4-6-14-7-5-10/h4-7,9,11-12,15H,2-3,8H2,1H3. The largest absolute Gasteiger partial charge is 0.393 e. The fourth-order valence-corrected chi connectivity index (χ4v) is 2.46. The number of rotatable bonds is 2. The number of pyridine rings is 1. The number of Topliss-reactive ketones (excluding diaryl/α,β-unsaturated/α-hetero) is 1. The van der Waals surface area contributed by atoms with Crippen LogP contribution in [0.5, 0.6) is 0 Å². The summed E-state index contributed by atoms with van der Waals surface area (Å²) >= 11 is 0. The third-order valence-electron chi connectivity index (χ3n) is 3.45. The van der Waals surface area contributed by atoms with Crippen LogP contribution in [0.3, 0.4) is 0 Å². The van der Waals surface area contributed by atoms with Crippen LogP contribution in [0.2, 0.25) is 0 Å². The summed E-state index contributed by atoms with van der Waals surface area (Å²) in [6, 6.07) is 4.00. The molecule has 1 heterocycles. The predicted octanol–water partition coefficient (Wildman–Crippen LogP) is 1.92. The van der Waals surface area contributed by atoms with Gasteiger partial charge in [-0.3, -0.25) is 9.78 Å². The van der Waals surface area contributed by atoms with E-state index in [0.717, 1.165) is 12.8 Å². The molecule has 0 bridgehead atoms. The quantitative estimate of drug-likeness (QED) is 0.826. The number of ketones is 1. The average molecular weight is 219 g/mol. The maximum atomic E-state index is 11.6. The number of hydrogen-bond acceptors (Lipinski definition) is 3. The lowest BCUT2D eigenvalue weighted by molar-refractivity contribution is -0.128. The normalized spacial score (nSPS) is 27.8. The molecular weight excluding hydrogens is 202 g/mol. The smallest absolute Gasteiger partial charge is 0.138 e. The summed E-state index contributed by atoms with van der Waals surface area (Å²) in [6.45, 7) is 1.71. The van der Waals surface area contributed by atoms with Crippen molar-refractivity contribution < 1.29 is 9.90 Å². The van der Waals surface area contributed by atoms with Gasteiger partial charge in [0.25, 0.3) is 0 Å². The van der Waals surface area contributed by atoms with E-state index >= 15 is 0 Å². The molecule has 3 atom stereocenters. The minimum atomic E-state index is -0.530. The van der Waals surface area contributed by atoms with Crippen molar-refractivity contribution in [1.29, 1.82) is 0 Å². The molecule has 1 aromatic rings. The van der Waals surface area contributed by atoms with Gasteiger partial charge in [-0.15, -0.1) is 0 Å². The molecule has 1 fully saturated rings. The van der Waals surface area contributed by atoms with E-state index in [2.05, 4.69) is 4.98 Å². The summed E-state index contributed by atoms with van der Waals surface area (Å²) in [5.74, 6) is 0.410. The molecule has 3 nitrogen and oxygen atoms in total. The predicted molar refractivity (Wildman–Crippen MR) is 61.0 cm³/mol.